The predicted molar refractivity (Wildman–Crippen MR) is 134 cm³/mol. The second-order valence-electron chi connectivity index (χ2n) is 10.8. The van der Waals surface area contributed by atoms with Crippen LogP contribution in [0, 0.1) is 26.7 Å². The number of aromatic amines is 1. The molecule has 2 aliphatic rings. The summed E-state index contributed by atoms with van der Waals surface area (Å²) >= 11 is 0. The van der Waals surface area contributed by atoms with Crippen molar-refractivity contribution in [2.75, 3.05) is 32.7 Å². The fourth-order valence-corrected chi connectivity index (χ4v) is 6.08. The van der Waals surface area contributed by atoms with Gasteiger partial charge < -0.3 is 19.3 Å². The molecular weight excluding hydrogens is 410 g/mol. The van der Waals surface area contributed by atoms with Gasteiger partial charge in [0.05, 0.1) is 22.3 Å². The second-order valence-corrected chi connectivity index (χ2v) is 10.8. The Bertz CT molecular complexity index is 1080. The number of rotatable bonds is 5. The molecule has 6 heteroatoms. The molecule has 0 aliphatic carbocycles. The molecule has 0 atom stereocenters. The second kappa shape index (κ2) is 9.22. The van der Waals surface area contributed by atoms with Crippen molar-refractivity contribution in [3.8, 4) is 11.4 Å². The molecule has 0 amide bonds. The number of aromatic nitrogens is 3. The van der Waals surface area contributed by atoms with Crippen LogP contribution in [0.15, 0.2) is 16.7 Å². The van der Waals surface area contributed by atoms with E-state index in [-0.39, 0.29) is 0 Å². The summed E-state index contributed by atoms with van der Waals surface area (Å²) in [4.78, 5) is 13.9. The minimum atomic E-state index is 0.635. The third kappa shape index (κ3) is 4.60. The summed E-state index contributed by atoms with van der Waals surface area (Å²) in [5.74, 6) is 3.08. The van der Waals surface area contributed by atoms with E-state index in [2.05, 4.69) is 52.8 Å². The van der Waals surface area contributed by atoms with Crippen LogP contribution in [0.2, 0.25) is 0 Å². The van der Waals surface area contributed by atoms with Crippen molar-refractivity contribution < 1.29 is 4.52 Å². The van der Waals surface area contributed by atoms with Gasteiger partial charge in [-0.3, -0.25) is 0 Å². The van der Waals surface area contributed by atoms with Gasteiger partial charge >= 0.3 is 0 Å². The number of nitrogens with zero attached hydrogens (tertiary/aromatic N) is 4. The van der Waals surface area contributed by atoms with Crippen LogP contribution in [0.3, 0.4) is 0 Å². The Balaban J connectivity index is 1.25. The molecule has 33 heavy (non-hydrogen) atoms. The number of nitrogens with one attached hydrogen (secondary N) is 1. The molecular formula is C27H39N5O. The Hall–Kier alpha value is -2.18. The zero-order chi connectivity index (χ0) is 23.1. The lowest BCUT2D eigenvalue weighted by Crippen LogP contribution is -2.48. The number of benzene rings is 1. The van der Waals surface area contributed by atoms with Crippen LogP contribution < -0.4 is 0 Å². The standard InChI is InChI=1S/C27H39N5O/c1-17(2)16-31-10-8-23(9-11-31)32-12-6-21(7-13-32)22-14-18(3)26-24(15-22)28-27(29-26)25-19(4)30-33-20(25)5/h14-15,17,21,23H,6-13,16H2,1-5H3,(H,28,29). The van der Waals surface area contributed by atoms with E-state index in [4.69, 9.17) is 9.51 Å². The summed E-state index contributed by atoms with van der Waals surface area (Å²) in [5.41, 5.74) is 6.75. The van der Waals surface area contributed by atoms with Crippen molar-refractivity contribution >= 4 is 11.0 Å². The molecule has 0 spiro atoms. The molecule has 2 aliphatic heterocycles. The molecule has 4 heterocycles. The van der Waals surface area contributed by atoms with Crippen molar-refractivity contribution in [2.45, 2.75) is 72.3 Å². The number of likely N-dealkylation sites (tertiary alicyclic amines) is 2. The van der Waals surface area contributed by atoms with Gasteiger partial charge in [-0.15, -0.1) is 0 Å². The normalized spacial score (nSPS) is 19.8. The fourth-order valence-electron chi connectivity index (χ4n) is 6.08. The number of H-pyrrole nitrogens is 1. The zero-order valence-corrected chi connectivity index (χ0v) is 20.9. The van der Waals surface area contributed by atoms with E-state index in [0.29, 0.717) is 5.92 Å². The van der Waals surface area contributed by atoms with Gasteiger partial charge in [0.15, 0.2) is 0 Å². The molecule has 0 unspecified atom stereocenters. The smallest absolute Gasteiger partial charge is 0.144 e. The van der Waals surface area contributed by atoms with Crippen LogP contribution in [-0.2, 0) is 0 Å². The number of hydrogen-bond acceptors (Lipinski definition) is 5. The molecule has 178 valence electrons. The maximum absolute atomic E-state index is 5.36. The summed E-state index contributed by atoms with van der Waals surface area (Å²) < 4.78 is 5.36. The first-order valence-electron chi connectivity index (χ1n) is 12.8. The molecule has 3 aromatic rings. The molecule has 2 saturated heterocycles. The maximum atomic E-state index is 5.36. The monoisotopic (exact) mass is 449 g/mol. The van der Waals surface area contributed by atoms with Crippen molar-refractivity contribution in [3.05, 3.63) is 34.7 Å². The van der Waals surface area contributed by atoms with Gasteiger partial charge in [0.25, 0.3) is 0 Å². The van der Waals surface area contributed by atoms with Crippen LogP contribution in [0.1, 0.15) is 68.0 Å². The SMILES string of the molecule is Cc1noc(C)c1-c1nc2c(C)cc(C3CCN(C4CCN(CC(C)C)CC4)CC3)cc2[nH]1. The van der Waals surface area contributed by atoms with E-state index in [1.165, 1.54) is 69.5 Å². The van der Waals surface area contributed by atoms with Crippen molar-refractivity contribution in [1.82, 2.24) is 24.9 Å². The highest BCUT2D eigenvalue weighted by Crippen LogP contribution is 2.34. The third-order valence-electron chi connectivity index (χ3n) is 7.77. The highest BCUT2D eigenvalue weighted by Gasteiger charge is 2.29. The van der Waals surface area contributed by atoms with Gasteiger partial charge in [0.2, 0.25) is 0 Å². The van der Waals surface area contributed by atoms with Crippen molar-refractivity contribution in [3.63, 3.8) is 0 Å². The summed E-state index contributed by atoms with van der Waals surface area (Å²) in [6.07, 6.45) is 5.17. The molecule has 0 bridgehead atoms. The first-order chi connectivity index (χ1) is 15.9. The van der Waals surface area contributed by atoms with Gasteiger partial charge in [-0.1, -0.05) is 25.1 Å². The molecule has 6 nitrogen and oxygen atoms in total. The third-order valence-corrected chi connectivity index (χ3v) is 7.77. The summed E-state index contributed by atoms with van der Waals surface area (Å²) in [6, 6.07) is 5.48. The maximum Gasteiger partial charge on any atom is 0.144 e. The van der Waals surface area contributed by atoms with Gasteiger partial charge in [-0.05, 0) is 102 Å². The number of fused-ring (bicyclic) bond motifs is 1. The van der Waals surface area contributed by atoms with Crippen molar-refractivity contribution in [1.29, 1.82) is 0 Å². The lowest BCUT2D eigenvalue weighted by Gasteiger charge is -2.42. The van der Waals surface area contributed by atoms with E-state index in [9.17, 15) is 0 Å². The molecule has 1 aromatic carbocycles. The Morgan fingerprint density at radius 1 is 1.03 bits per heavy atom. The van der Waals surface area contributed by atoms with Gasteiger partial charge in [0.1, 0.15) is 11.6 Å². The molecule has 5 rings (SSSR count). The van der Waals surface area contributed by atoms with Crippen LogP contribution in [0.5, 0.6) is 0 Å². The van der Waals surface area contributed by atoms with Crippen LogP contribution in [-0.4, -0.2) is 63.7 Å². The van der Waals surface area contributed by atoms with E-state index < -0.39 is 0 Å². The first-order valence-corrected chi connectivity index (χ1v) is 12.8. The van der Waals surface area contributed by atoms with Gasteiger partial charge in [-0.25, -0.2) is 4.98 Å². The van der Waals surface area contributed by atoms with Gasteiger partial charge in [0, 0.05) is 12.6 Å². The van der Waals surface area contributed by atoms with E-state index in [1.54, 1.807) is 0 Å². The van der Waals surface area contributed by atoms with Gasteiger partial charge in [-0.2, -0.15) is 0 Å². The number of imidazole rings is 1. The Kier molecular flexibility index (Phi) is 6.32. The zero-order valence-electron chi connectivity index (χ0n) is 20.9. The number of hydrogen-bond donors (Lipinski definition) is 1. The van der Waals surface area contributed by atoms with Crippen molar-refractivity contribution in [2.24, 2.45) is 5.92 Å². The summed E-state index contributed by atoms with van der Waals surface area (Å²) in [7, 11) is 0. The topological polar surface area (TPSA) is 61.2 Å². The highest BCUT2D eigenvalue weighted by atomic mass is 16.5. The van der Waals surface area contributed by atoms with Crippen LogP contribution in [0.25, 0.3) is 22.4 Å². The Labute approximate surface area is 197 Å². The van der Waals surface area contributed by atoms with E-state index in [0.717, 1.165) is 45.8 Å². The molecule has 0 saturated carbocycles. The number of piperidine rings is 2. The summed E-state index contributed by atoms with van der Waals surface area (Å²) in [5, 5.41) is 4.10. The lowest BCUT2D eigenvalue weighted by atomic mass is 9.87. The Morgan fingerprint density at radius 2 is 1.76 bits per heavy atom. The average molecular weight is 450 g/mol. The highest BCUT2D eigenvalue weighted by molar-refractivity contribution is 5.83. The first kappa shape index (κ1) is 22.6. The molecule has 1 N–H and O–H groups in total. The van der Waals surface area contributed by atoms with E-state index in [1.807, 2.05) is 13.8 Å². The average Bonchev–Trinajstić information content (AvgIpc) is 3.36. The predicted octanol–water partition coefficient (Wildman–Crippen LogP) is 5.44. The lowest BCUT2D eigenvalue weighted by molar-refractivity contribution is 0.0828. The fraction of sp³-hybridized carbons (Fsp3) is 0.630. The molecule has 2 aromatic heterocycles. The van der Waals surface area contributed by atoms with Crippen LogP contribution >= 0.6 is 0 Å². The Morgan fingerprint density at radius 3 is 2.39 bits per heavy atom. The number of aryl methyl sites for hydroxylation is 3. The van der Waals surface area contributed by atoms with E-state index >= 15 is 0 Å². The molecule has 2 fully saturated rings. The largest absolute Gasteiger partial charge is 0.361 e. The minimum absolute atomic E-state index is 0.635. The quantitative estimate of drug-likeness (QED) is 0.562. The molecule has 0 radical (unpaired) electrons. The van der Waals surface area contributed by atoms with Crippen LogP contribution in [0.4, 0.5) is 0 Å². The minimum Gasteiger partial charge on any atom is -0.361 e. The summed E-state index contributed by atoms with van der Waals surface area (Å²) in [6.45, 7) is 17.0.